The van der Waals surface area contributed by atoms with Crippen molar-refractivity contribution in [2.75, 3.05) is 5.32 Å². The third-order valence-corrected chi connectivity index (χ3v) is 3.00. The zero-order valence-corrected chi connectivity index (χ0v) is 9.79. The Hall–Kier alpha value is -1.51. The van der Waals surface area contributed by atoms with Crippen molar-refractivity contribution >= 4 is 11.7 Å². The number of hydrogen-bond donors (Lipinski definition) is 2. The van der Waals surface area contributed by atoms with Gasteiger partial charge in [0.05, 0.1) is 0 Å². The zero-order chi connectivity index (χ0) is 11.5. The van der Waals surface area contributed by atoms with E-state index in [0.29, 0.717) is 5.92 Å². The number of benzene rings is 1. The van der Waals surface area contributed by atoms with Crippen LogP contribution >= 0.6 is 0 Å². The summed E-state index contributed by atoms with van der Waals surface area (Å²) in [5.41, 5.74) is 2.03. The van der Waals surface area contributed by atoms with Crippen molar-refractivity contribution in [3.8, 4) is 0 Å². The molecular weight excluding hydrogens is 200 g/mol. The third kappa shape index (κ3) is 2.99. The van der Waals surface area contributed by atoms with Gasteiger partial charge in [-0.2, -0.15) is 0 Å². The largest absolute Gasteiger partial charge is 0.335 e. The van der Waals surface area contributed by atoms with Crippen LogP contribution in [0.2, 0.25) is 0 Å². The Balaban J connectivity index is 1.84. The van der Waals surface area contributed by atoms with Crippen LogP contribution in [-0.4, -0.2) is 12.1 Å². The van der Waals surface area contributed by atoms with Crippen molar-refractivity contribution < 1.29 is 4.79 Å². The molecule has 0 radical (unpaired) electrons. The van der Waals surface area contributed by atoms with Crippen LogP contribution in [0.25, 0.3) is 0 Å². The highest BCUT2D eigenvalue weighted by Gasteiger charge is 2.28. The van der Waals surface area contributed by atoms with E-state index < -0.39 is 0 Å². The topological polar surface area (TPSA) is 41.1 Å². The molecule has 0 bridgehead atoms. The minimum atomic E-state index is -0.108. The Bertz CT molecular complexity index is 368. The van der Waals surface area contributed by atoms with Crippen molar-refractivity contribution in [2.24, 2.45) is 5.92 Å². The first-order chi connectivity index (χ1) is 7.65. The summed E-state index contributed by atoms with van der Waals surface area (Å²) in [6.45, 7) is 4.09. The number of carbonyl (C=O) groups is 1. The van der Waals surface area contributed by atoms with E-state index in [0.717, 1.165) is 5.69 Å². The molecule has 1 saturated carbocycles. The molecule has 0 aliphatic heterocycles. The molecule has 3 nitrogen and oxygen atoms in total. The molecule has 0 spiro atoms. The smallest absolute Gasteiger partial charge is 0.319 e. The monoisotopic (exact) mass is 218 g/mol. The maximum Gasteiger partial charge on any atom is 0.319 e. The van der Waals surface area contributed by atoms with Crippen molar-refractivity contribution in [3.05, 3.63) is 29.8 Å². The van der Waals surface area contributed by atoms with Crippen LogP contribution in [0, 0.1) is 12.8 Å². The Kier molecular flexibility index (Phi) is 3.13. The maximum absolute atomic E-state index is 11.6. The van der Waals surface area contributed by atoms with Gasteiger partial charge in [-0.3, -0.25) is 0 Å². The molecule has 1 atom stereocenters. The molecule has 2 rings (SSSR count). The van der Waals surface area contributed by atoms with Gasteiger partial charge >= 0.3 is 6.03 Å². The number of amides is 2. The van der Waals surface area contributed by atoms with Crippen LogP contribution < -0.4 is 10.6 Å². The van der Waals surface area contributed by atoms with Gasteiger partial charge in [-0.1, -0.05) is 17.7 Å². The standard InChI is InChI=1S/C13H18N2O/c1-9-3-7-12(8-4-9)15-13(16)14-10(2)11-5-6-11/h3-4,7-8,10-11H,5-6H2,1-2H3,(H2,14,15,16). The molecule has 1 aromatic carbocycles. The fourth-order valence-electron chi connectivity index (χ4n) is 1.72. The van der Waals surface area contributed by atoms with E-state index in [2.05, 4.69) is 17.6 Å². The first-order valence-electron chi connectivity index (χ1n) is 5.79. The summed E-state index contributed by atoms with van der Waals surface area (Å²) >= 11 is 0. The van der Waals surface area contributed by atoms with Crippen LogP contribution in [0.3, 0.4) is 0 Å². The van der Waals surface area contributed by atoms with E-state index in [-0.39, 0.29) is 12.1 Å². The molecule has 0 saturated heterocycles. The van der Waals surface area contributed by atoms with Crippen LogP contribution in [0.5, 0.6) is 0 Å². The lowest BCUT2D eigenvalue weighted by molar-refractivity contribution is 0.248. The lowest BCUT2D eigenvalue weighted by Crippen LogP contribution is -2.37. The summed E-state index contributed by atoms with van der Waals surface area (Å²) in [7, 11) is 0. The number of nitrogens with one attached hydrogen (secondary N) is 2. The van der Waals surface area contributed by atoms with Crippen molar-refractivity contribution in [1.29, 1.82) is 0 Å². The number of hydrogen-bond acceptors (Lipinski definition) is 1. The molecule has 3 heteroatoms. The first-order valence-corrected chi connectivity index (χ1v) is 5.79. The fourth-order valence-corrected chi connectivity index (χ4v) is 1.72. The average molecular weight is 218 g/mol. The third-order valence-electron chi connectivity index (χ3n) is 3.00. The van der Waals surface area contributed by atoms with Gasteiger partial charge in [-0.15, -0.1) is 0 Å². The summed E-state index contributed by atoms with van der Waals surface area (Å²) < 4.78 is 0. The highest BCUT2D eigenvalue weighted by atomic mass is 16.2. The van der Waals surface area contributed by atoms with Gasteiger partial charge in [0.15, 0.2) is 0 Å². The Morgan fingerprint density at radius 2 is 1.94 bits per heavy atom. The fraction of sp³-hybridized carbons (Fsp3) is 0.462. The highest BCUT2D eigenvalue weighted by Crippen LogP contribution is 2.32. The minimum absolute atomic E-state index is 0.108. The van der Waals surface area contributed by atoms with Gasteiger partial charge < -0.3 is 10.6 Å². The van der Waals surface area contributed by atoms with Crippen molar-refractivity contribution in [3.63, 3.8) is 0 Å². The summed E-state index contributed by atoms with van der Waals surface area (Å²) in [6.07, 6.45) is 2.48. The lowest BCUT2D eigenvalue weighted by Gasteiger charge is -2.13. The molecule has 0 heterocycles. The summed E-state index contributed by atoms with van der Waals surface area (Å²) in [6, 6.07) is 7.97. The quantitative estimate of drug-likeness (QED) is 0.804. The lowest BCUT2D eigenvalue weighted by atomic mass is 10.2. The van der Waals surface area contributed by atoms with Crippen molar-refractivity contribution in [2.45, 2.75) is 32.7 Å². The van der Waals surface area contributed by atoms with Crippen LogP contribution in [0.15, 0.2) is 24.3 Å². The van der Waals surface area contributed by atoms with E-state index in [1.165, 1.54) is 18.4 Å². The summed E-state index contributed by atoms with van der Waals surface area (Å²) in [4.78, 5) is 11.6. The van der Waals surface area contributed by atoms with Gasteiger partial charge in [-0.05, 0) is 44.7 Å². The van der Waals surface area contributed by atoms with E-state index in [1.807, 2.05) is 31.2 Å². The molecule has 1 fully saturated rings. The Morgan fingerprint density at radius 1 is 1.31 bits per heavy atom. The molecule has 1 aromatic rings. The van der Waals surface area contributed by atoms with Gasteiger partial charge in [0.1, 0.15) is 0 Å². The molecule has 16 heavy (non-hydrogen) atoms. The second kappa shape index (κ2) is 4.56. The second-order valence-electron chi connectivity index (χ2n) is 4.59. The number of carbonyl (C=O) groups excluding carboxylic acids is 1. The molecular formula is C13H18N2O. The average Bonchev–Trinajstić information content (AvgIpc) is 3.04. The van der Waals surface area contributed by atoms with E-state index in [4.69, 9.17) is 0 Å². The van der Waals surface area contributed by atoms with Gasteiger partial charge in [0, 0.05) is 11.7 Å². The van der Waals surface area contributed by atoms with E-state index in [1.54, 1.807) is 0 Å². The van der Waals surface area contributed by atoms with Gasteiger partial charge in [0.2, 0.25) is 0 Å². The number of aryl methyl sites for hydroxylation is 1. The predicted octanol–water partition coefficient (Wildman–Crippen LogP) is 2.92. The Morgan fingerprint density at radius 3 is 2.50 bits per heavy atom. The molecule has 1 aliphatic carbocycles. The van der Waals surface area contributed by atoms with E-state index in [9.17, 15) is 4.79 Å². The zero-order valence-electron chi connectivity index (χ0n) is 9.79. The minimum Gasteiger partial charge on any atom is -0.335 e. The van der Waals surface area contributed by atoms with Gasteiger partial charge in [-0.25, -0.2) is 4.79 Å². The van der Waals surface area contributed by atoms with Crippen LogP contribution in [0.1, 0.15) is 25.3 Å². The van der Waals surface area contributed by atoms with Crippen molar-refractivity contribution in [1.82, 2.24) is 5.32 Å². The molecule has 86 valence electrons. The normalized spacial score (nSPS) is 16.6. The van der Waals surface area contributed by atoms with Crippen LogP contribution in [0.4, 0.5) is 10.5 Å². The summed E-state index contributed by atoms with van der Waals surface area (Å²) in [5.74, 6) is 0.684. The molecule has 1 aliphatic rings. The number of anilines is 1. The highest BCUT2D eigenvalue weighted by molar-refractivity contribution is 5.89. The molecule has 0 aromatic heterocycles. The summed E-state index contributed by atoms with van der Waals surface area (Å²) in [5, 5.41) is 5.79. The van der Waals surface area contributed by atoms with E-state index >= 15 is 0 Å². The maximum atomic E-state index is 11.6. The van der Waals surface area contributed by atoms with Crippen LogP contribution in [-0.2, 0) is 0 Å². The molecule has 1 unspecified atom stereocenters. The molecule has 2 amide bonds. The molecule has 2 N–H and O–H groups in total. The number of urea groups is 1. The Labute approximate surface area is 96.2 Å². The van der Waals surface area contributed by atoms with Gasteiger partial charge in [0.25, 0.3) is 0 Å². The first kappa shape index (κ1) is 11.0. The SMILES string of the molecule is Cc1ccc(NC(=O)NC(C)C2CC2)cc1. The predicted molar refractivity (Wildman–Crippen MR) is 65.5 cm³/mol. The second-order valence-corrected chi connectivity index (χ2v) is 4.59. The number of rotatable bonds is 3.